The van der Waals surface area contributed by atoms with E-state index in [0.717, 1.165) is 11.1 Å². The highest BCUT2D eigenvalue weighted by Crippen LogP contribution is 2.13. The minimum Gasteiger partial charge on any atom is -0.387 e. The van der Waals surface area contributed by atoms with Gasteiger partial charge in [0, 0.05) is 0 Å². The third kappa shape index (κ3) is 6.80. The van der Waals surface area contributed by atoms with Crippen molar-refractivity contribution in [3.8, 4) is 0 Å². The fourth-order valence-electron chi connectivity index (χ4n) is 2.02. The molecule has 0 radical (unpaired) electrons. The van der Waals surface area contributed by atoms with Gasteiger partial charge in [0.15, 0.2) is 0 Å². The molecule has 1 atom stereocenters. The first kappa shape index (κ1) is 19.3. The number of rotatable bonds is 9. The summed E-state index contributed by atoms with van der Waals surface area (Å²) in [5, 5.41) is 9.79. The first-order chi connectivity index (χ1) is 12.0. The molecule has 0 bridgehead atoms. The second-order valence-electron chi connectivity index (χ2n) is 5.55. The number of ether oxygens (including phenoxy) is 1. The molecule has 0 aromatic heterocycles. The second-order valence-corrected chi connectivity index (χ2v) is 7.16. The van der Waals surface area contributed by atoms with Gasteiger partial charge in [-0.05, 0) is 24.6 Å². The van der Waals surface area contributed by atoms with Crippen LogP contribution in [0.2, 0.25) is 0 Å². The van der Waals surface area contributed by atoms with E-state index in [-0.39, 0.29) is 11.5 Å². The minimum atomic E-state index is -3.87. The van der Waals surface area contributed by atoms with Gasteiger partial charge in [-0.25, -0.2) is 0 Å². The largest absolute Gasteiger partial charge is 0.387 e. The van der Waals surface area contributed by atoms with Crippen molar-refractivity contribution in [3.63, 3.8) is 0 Å². The van der Waals surface area contributed by atoms with Gasteiger partial charge >= 0.3 is 0 Å². The first-order valence-electron chi connectivity index (χ1n) is 7.90. The summed E-state index contributed by atoms with van der Waals surface area (Å²) in [5.41, 5.74) is 2.02. The number of benzene rings is 2. The number of hydrogen-bond acceptors (Lipinski definition) is 5. The van der Waals surface area contributed by atoms with Crippen molar-refractivity contribution in [1.82, 2.24) is 0 Å². The molecular weight excluding hydrogens is 340 g/mol. The van der Waals surface area contributed by atoms with Crippen LogP contribution in [-0.4, -0.2) is 32.8 Å². The third-order valence-corrected chi connectivity index (χ3v) is 4.68. The number of aryl methyl sites for hydroxylation is 1. The van der Waals surface area contributed by atoms with E-state index in [0.29, 0.717) is 13.2 Å². The lowest BCUT2D eigenvalue weighted by atomic mass is 10.2. The molecule has 2 rings (SSSR count). The van der Waals surface area contributed by atoms with Crippen molar-refractivity contribution < 1.29 is 22.4 Å². The number of aliphatic hydroxyl groups excluding tert-OH is 1. The molecular formula is C19H22O5S. The predicted octanol–water partition coefficient (Wildman–Crippen LogP) is 2.83. The van der Waals surface area contributed by atoms with Crippen molar-refractivity contribution in [3.05, 3.63) is 77.9 Å². The van der Waals surface area contributed by atoms with Crippen LogP contribution in [0, 0.1) is 6.92 Å². The molecule has 6 heteroatoms. The van der Waals surface area contributed by atoms with Crippen LogP contribution >= 0.6 is 0 Å². The van der Waals surface area contributed by atoms with E-state index < -0.39 is 16.2 Å². The fraction of sp³-hybridized carbons (Fsp3) is 0.263. The van der Waals surface area contributed by atoms with Gasteiger partial charge in [0.25, 0.3) is 10.1 Å². The summed E-state index contributed by atoms with van der Waals surface area (Å²) in [7, 11) is -3.87. The van der Waals surface area contributed by atoms with Crippen LogP contribution in [0.25, 0.3) is 0 Å². The standard InChI is InChI=1S/C19H22O5S/c1-16-9-11-19(12-10-16)25(21,22)24-15-18(20)8-5-13-23-14-17-6-3-2-4-7-17/h2-12,18,20H,13-15H2,1H3/b8-5+. The summed E-state index contributed by atoms with van der Waals surface area (Å²) in [4.78, 5) is 0.0699. The Hall–Kier alpha value is -1.99. The molecule has 0 saturated carbocycles. The van der Waals surface area contributed by atoms with Gasteiger partial charge in [-0.15, -0.1) is 0 Å². The monoisotopic (exact) mass is 362 g/mol. The van der Waals surface area contributed by atoms with E-state index in [4.69, 9.17) is 8.92 Å². The molecule has 2 aromatic carbocycles. The third-order valence-electron chi connectivity index (χ3n) is 3.39. The smallest absolute Gasteiger partial charge is 0.297 e. The maximum Gasteiger partial charge on any atom is 0.297 e. The lowest BCUT2D eigenvalue weighted by Gasteiger charge is -2.08. The van der Waals surface area contributed by atoms with E-state index in [9.17, 15) is 13.5 Å². The average Bonchev–Trinajstić information content (AvgIpc) is 2.61. The molecule has 1 N–H and O–H groups in total. The van der Waals surface area contributed by atoms with Gasteiger partial charge in [0.1, 0.15) is 0 Å². The Balaban J connectivity index is 1.72. The summed E-state index contributed by atoms with van der Waals surface area (Å²) in [5.74, 6) is 0. The topological polar surface area (TPSA) is 72.8 Å². The second kappa shape index (κ2) is 9.48. The fourth-order valence-corrected chi connectivity index (χ4v) is 2.94. The van der Waals surface area contributed by atoms with Crippen molar-refractivity contribution >= 4 is 10.1 Å². The van der Waals surface area contributed by atoms with Gasteiger partial charge < -0.3 is 9.84 Å². The molecule has 1 unspecified atom stereocenters. The minimum absolute atomic E-state index is 0.0699. The zero-order valence-corrected chi connectivity index (χ0v) is 14.9. The Morgan fingerprint density at radius 1 is 1.08 bits per heavy atom. The van der Waals surface area contributed by atoms with Crippen molar-refractivity contribution in [2.24, 2.45) is 0 Å². The number of aliphatic hydroxyl groups is 1. The van der Waals surface area contributed by atoms with Crippen molar-refractivity contribution in [1.29, 1.82) is 0 Å². The average molecular weight is 362 g/mol. The van der Waals surface area contributed by atoms with Crippen LogP contribution in [0.3, 0.4) is 0 Å². The van der Waals surface area contributed by atoms with Crippen LogP contribution in [0.4, 0.5) is 0 Å². The molecule has 25 heavy (non-hydrogen) atoms. The molecule has 0 aliphatic rings. The Labute approximate surface area is 148 Å². The van der Waals surface area contributed by atoms with Gasteiger partial charge in [0.2, 0.25) is 0 Å². The van der Waals surface area contributed by atoms with Crippen LogP contribution in [-0.2, 0) is 25.6 Å². The maximum atomic E-state index is 12.0. The Morgan fingerprint density at radius 3 is 2.44 bits per heavy atom. The number of hydrogen-bond donors (Lipinski definition) is 1. The molecule has 0 saturated heterocycles. The van der Waals surface area contributed by atoms with E-state index >= 15 is 0 Å². The van der Waals surface area contributed by atoms with E-state index in [2.05, 4.69) is 0 Å². The summed E-state index contributed by atoms with van der Waals surface area (Å²) in [6.07, 6.45) is 2.06. The SMILES string of the molecule is Cc1ccc(S(=O)(=O)OCC(O)/C=C/COCc2ccccc2)cc1. The zero-order chi connectivity index (χ0) is 18.1. The summed E-state index contributed by atoms with van der Waals surface area (Å²) >= 11 is 0. The maximum absolute atomic E-state index is 12.0. The molecule has 0 spiro atoms. The lowest BCUT2D eigenvalue weighted by Crippen LogP contribution is -2.17. The Kier molecular flexibility index (Phi) is 7.33. The highest BCUT2D eigenvalue weighted by Gasteiger charge is 2.16. The summed E-state index contributed by atoms with van der Waals surface area (Å²) in [6.45, 7) is 2.31. The van der Waals surface area contributed by atoms with E-state index in [1.807, 2.05) is 37.3 Å². The van der Waals surface area contributed by atoms with Crippen LogP contribution in [0.1, 0.15) is 11.1 Å². The zero-order valence-electron chi connectivity index (χ0n) is 14.0. The molecule has 134 valence electrons. The van der Waals surface area contributed by atoms with Crippen LogP contribution in [0.5, 0.6) is 0 Å². The lowest BCUT2D eigenvalue weighted by molar-refractivity contribution is 0.138. The van der Waals surface area contributed by atoms with E-state index in [1.54, 1.807) is 18.2 Å². The van der Waals surface area contributed by atoms with Crippen molar-refractivity contribution in [2.75, 3.05) is 13.2 Å². The van der Waals surface area contributed by atoms with Crippen molar-refractivity contribution in [2.45, 2.75) is 24.5 Å². The Bertz CT molecular complexity index is 767. The van der Waals surface area contributed by atoms with Gasteiger partial charge in [-0.2, -0.15) is 8.42 Å². The molecule has 0 heterocycles. The first-order valence-corrected chi connectivity index (χ1v) is 9.31. The predicted molar refractivity (Wildman–Crippen MR) is 95.6 cm³/mol. The molecule has 0 fully saturated rings. The van der Waals surface area contributed by atoms with Crippen LogP contribution < -0.4 is 0 Å². The normalized spacial score (nSPS) is 13.2. The molecule has 0 amide bonds. The molecule has 0 aliphatic heterocycles. The summed E-state index contributed by atoms with van der Waals surface area (Å²) < 4.78 is 34.3. The van der Waals surface area contributed by atoms with Gasteiger partial charge in [0.05, 0.1) is 30.8 Å². The van der Waals surface area contributed by atoms with Crippen LogP contribution in [0.15, 0.2) is 71.6 Å². The highest BCUT2D eigenvalue weighted by molar-refractivity contribution is 7.86. The summed E-state index contributed by atoms with van der Waals surface area (Å²) in [6, 6.07) is 16.1. The molecule has 2 aromatic rings. The van der Waals surface area contributed by atoms with Gasteiger partial charge in [-0.3, -0.25) is 4.18 Å². The van der Waals surface area contributed by atoms with Gasteiger partial charge in [-0.1, -0.05) is 60.2 Å². The molecule has 5 nitrogen and oxygen atoms in total. The molecule has 0 aliphatic carbocycles. The highest BCUT2D eigenvalue weighted by atomic mass is 32.2. The quantitative estimate of drug-likeness (QED) is 0.422. The Morgan fingerprint density at radius 2 is 1.76 bits per heavy atom. The van der Waals surface area contributed by atoms with E-state index in [1.165, 1.54) is 18.2 Å².